The van der Waals surface area contributed by atoms with Crippen LogP contribution in [0.25, 0.3) is 0 Å². The van der Waals surface area contributed by atoms with E-state index in [1.165, 1.54) is 5.56 Å². The SMILES string of the molecule is C=CCN1CC[C@H](Sc2nc(Cc3ccccc3)c(C)[nH]2)C1=O. The maximum absolute atomic E-state index is 12.3. The molecule has 2 heterocycles. The number of aryl methyl sites for hydroxylation is 1. The third kappa shape index (κ3) is 3.67. The molecule has 0 saturated carbocycles. The van der Waals surface area contributed by atoms with Crippen LogP contribution in [0.15, 0.2) is 48.1 Å². The molecular formula is C18H21N3OS. The fourth-order valence-electron chi connectivity index (χ4n) is 2.78. The van der Waals surface area contributed by atoms with E-state index in [-0.39, 0.29) is 11.2 Å². The van der Waals surface area contributed by atoms with Crippen molar-refractivity contribution in [2.75, 3.05) is 13.1 Å². The summed E-state index contributed by atoms with van der Waals surface area (Å²) < 4.78 is 0. The summed E-state index contributed by atoms with van der Waals surface area (Å²) in [4.78, 5) is 22.2. The summed E-state index contributed by atoms with van der Waals surface area (Å²) in [5.74, 6) is 0.188. The van der Waals surface area contributed by atoms with Crippen LogP contribution >= 0.6 is 11.8 Å². The van der Waals surface area contributed by atoms with Gasteiger partial charge in [-0.15, -0.1) is 6.58 Å². The van der Waals surface area contributed by atoms with E-state index in [1.807, 2.05) is 30.0 Å². The van der Waals surface area contributed by atoms with Gasteiger partial charge in [0.25, 0.3) is 0 Å². The number of nitrogens with one attached hydrogen (secondary N) is 1. The Balaban J connectivity index is 1.67. The number of amides is 1. The zero-order valence-electron chi connectivity index (χ0n) is 13.3. The largest absolute Gasteiger partial charge is 0.338 e. The molecule has 1 saturated heterocycles. The number of carbonyl (C=O) groups is 1. The van der Waals surface area contributed by atoms with E-state index >= 15 is 0 Å². The molecule has 1 atom stereocenters. The fraction of sp³-hybridized carbons (Fsp3) is 0.333. The Hall–Kier alpha value is -2.01. The second-order valence-electron chi connectivity index (χ2n) is 5.74. The molecule has 1 aliphatic rings. The van der Waals surface area contributed by atoms with Crippen molar-refractivity contribution < 1.29 is 4.79 Å². The van der Waals surface area contributed by atoms with Crippen molar-refractivity contribution in [2.45, 2.75) is 30.2 Å². The van der Waals surface area contributed by atoms with Gasteiger partial charge in [0.2, 0.25) is 5.91 Å². The quantitative estimate of drug-likeness (QED) is 0.829. The highest BCUT2D eigenvalue weighted by Gasteiger charge is 2.32. The van der Waals surface area contributed by atoms with Gasteiger partial charge in [-0.2, -0.15) is 0 Å². The second-order valence-corrected chi connectivity index (χ2v) is 6.94. The van der Waals surface area contributed by atoms with E-state index in [9.17, 15) is 4.79 Å². The topological polar surface area (TPSA) is 49.0 Å². The van der Waals surface area contributed by atoms with E-state index in [0.717, 1.165) is 35.9 Å². The molecular weight excluding hydrogens is 306 g/mol. The first kappa shape index (κ1) is 15.9. The van der Waals surface area contributed by atoms with Gasteiger partial charge < -0.3 is 9.88 Å². The lowest BCUT2D eigenvalue weighted by Crippen LogP contribution is -2.28. The molecule has 1 aromatic heterocycles. The summed E-state index contributed by atoms with van der Waals surface area (Å²) in [5.41, 5.74) is 3.37. The van der Waals surface area contributed by atoms with Crippen molar-refractivity contribution in [1.29, 1.82) is 0 Å². The molecule has 1 aliphatic heterocycles. The predicted molar refractivity (Wildman–Crippen MR) is 93.6 cm³/mol. The van der Waals surface area contributed by atoms with Crippen LogP contribution in [0, 0.1) is 6.92 Å². The molecule has 5 heteroatoms. The Kier molecular flexibility index (Phi) is 4.86. The number of likely N-dealkylation sites (tertiary alicyclic amines) is 1. The molecule has 1 amide bonds. The molecule has 120 valence electrons. The highest BCUT2D eigenvalue weighted by atomic mass is 32.2. The molecule has 3 rings (SSSR count). The number of benzene rings is 1. The number of carbonyl (C=O) groups excluding carboxylic acids is 1. The zero-order chi connectivity index (χ0) is 16.2. The van der Waals surface area contributed by atoms with Gasteiger partial charge in [-0.25, -0.2) is 4.98 Å². The molecule has 0 aliphatic carbocycles. The summed E-state index contributed by atoms with van der Waals surface area (Å²) in [7, 11) is 0. The van der Waals surface area contributed by atoms with Crippen molar-refractivity contribution in [3.63, 3.8) is 0 Å². The minimum Gasteiger partial charge on any atom is -0.338 e. The molecule has 0 spiro atoms. The number of thioether (sulfide) groups is 1. The number of hydrogen-bond donors (Lipinski definition) is 1. The Labute approximate surface area is 141 Å². The minimum atomic E-state index is -0.0370. The molecule has 0 bridgehead atoms. The number of imidazole rings is 1. The predicted octanol–water partition coefficient (Wildman–Crippen LogP) is 3.19. The van der Waals surface area contributed by atoms with Crippen molar-refractivity contribution in [2.24, 2.45) is 0 Å². The average Bonchev–Trinajstić information content (AvgIpc) is 3.06. The van der Waals surface area contributed by atoms with Gasteiger partial charge in [0.05, 0.1) is 10.9 Å². The summed E-state index contributed by atoms with van der Waals surface area (Å²) in [6, 6.07) is 10.3. The lowest BCUT2D eigenvalue weighted by molar-refractivity contribution is -0.126. The summed E-state index contributed by atoms with van der Waals surface area (Å²) in [6.07, 6.45) is 3.45. The van der Waals surface area contributed by atoms with Crippen molar-refractivity contribution in [3.05, 3.63) is 59.9 Å². The van der Waals surface area contributed by atoms with Crippen molar-refractivity contribution in [3.8, 4) is 0 Å². The van der Waals surface area contributed by atoms with E-state index in [1.54, 1.807) is 17.8 Å². The van der Waals surface area contributed by atoms with Crippen LogP contribution in [-0.2, 0) is 11.2 Å². The number of hydrogen-bond acceptors (Lipinski definition) is 3. The van der Waals surface area contributed by atoms with Crippen molar-refractivity contribution in [1.82, 2.24) is 14.9 Å². The Bertz CT molecular complexity index is 696. The smallest absolute Gasteiger partial charge is 0.236 e. The fourth-order valence-corrected chi connectivity index (χ4v) is 3.89. The van der Waals surface area contributed by atoms with Crippen LogP contribution in [0.4, 0.5) is 0 Å². The number of H-pyrrole nitrogens is 1. The summed E-state index contributed by atoms with van der Waals surface area (Å²) >= 11 is 1.54. The molecule has 2 aromatic rings. The van der Waals surface area contributed by atoms with Gasteiger partial charge >= 0.3 is 0 Å². The molecule has 1 N–H and O–H groups in total. The van der Waals surface area contributed by atoms with Gasteiger partial charge in [-0.1, -0.05) is 48.2 Å². The lowest BCUT2D eigenvalue weighted by atomic mass is 10.1. The maximum atomic E-state index is 12.3. The van der Waals surface area contributed by atoms with Crippen LogP contribution in [-0.4, -0.2) is 39.1 Å². The highest BCUT2D eigenvalue weighted by molar-refractivity contribution is 8.00. The van der Waals surface area contributed by atoms with Crippen LogP contribution in [0.3, 0.4) is 0 Å². The number of rotatable bonds is 6. The van der Waals surface area contributed by atoms with E-state index in [0.29, 0.717) is 6.54 Å². The zero-order valence-corrected chi connectivity index (χ0v) is 14.1. The number of nitrogens with zero attached hydrogens (tertiary/aromatic N) is 2. The number of aromatic amines is 1. The molecule has 4 nitrogen and oxygen atoms in total. The van der Waals surface area contributed by atoms with E-state index in [2.05, 4.69) is 23.7 Å². The van der Waals surface area contributed by atoms with Crippen LogP contribution in [0.2, 0.25) is 0 Å². The monoisotopic (exact) mass is 327 g/mol. The first-order chi connectivity index (χ1) is 11.2. The van der Waals surface area contributed by atoms with Gasteiger partial charge in [0, 0.05) is 25.2 Å². The summed E-state index contributed by atoms with van der Waals surface area (Å²) in [6.45, 7) is 7.18. The van der Waals surface area contributed by atoms with Gasteiger partial charge in [0.15, 0.2) is 5.16 Å². The Morgan fingerprint density at radius 1 is 1.43 bits per heavy atom. The molecule has 0 unspecified atom stereocenters. The lowest BCUT2D eigenvalue weighted by Gasteiger charge is -2.13. The molecule has 1 fully saturated rings. The van der Waals surface area contributed by atoms with Crippen LogP contribution < -0.4 is 0 Å². The highest BCUT2D eigenvalue weighted by Crippen LogP contribution is 2.30. The molecule has 0 radical (unpaired) electrons. The van der Waals surface area contributed by atoms with Gasteiger partial charge in [0.1, 0.15) is 0 Å². The second kappa shape index (κ2) is 7.04. The van der Waals surface area contributed by atoms with Crippen molar-refractivity contribution >= 4 is 17.7 Å². The minimum absolute atomic E-state index is 0.0370. The number of aromatic nitrogens is 2. The van der Waals surface area contributed by atoms with Crippen LogP contribution in [0.5, 0.6) is 0 Å². The Morgan fingerprint density at radius 3 is 2.96 bits per heavy atom. The third-order valence-corrected chi connectivity index (χ3v) is 5.17. The first-order valence-corrected chi connectivity index (χ1v) is 8.71. The van der Waals surface area contributed by atoms with E-state index in [4.69, 9.17) is 4.98 Å². The molecule has 1 aromatic carbocycles. The van der Waals surface area contributed by atoms with E-state index < -0.39 is 0 Å². The normalized spacial score (nSPS) is 17.7. The van der Waals surface area contributed by atoms with Crippen LogP contribution in [0.1, 0.15) is 23.4 Å². The van der Waals surface area contributed by atoms with Gasteiger partial charge in [-0.3, -0.25) is 4.79 Å². The van der Waals surface area contributed by atoms with Gasteiger partial charge in [-0.05, 0) is 18.9 Å². The average molecular weight is 327 g/mol. The third-order valence-electron chi connectivity index (χ3n) is 4.03. The molecule has 23 heavy (non-hydrogen) atoms. The standard InChI is InChI=1S/C18H21N3OS/c1-3-10-21-11-9-16(17(21)22)23-18-19-13(2)15(20-18)12-14-7-5-4-6-8-14/h3-8,16H,1,9-12H2,2H3,(H,19,20)/t16-/m0/s1. The first-order valence-electron chi connectivity index (χ1n) is 7.83. The summed E-state index contributed by atoms with van der Waals surface area (Å²) in [5, 5.41) is 0.803. The Morgan fingerprint density at radius 2 is 2.22 bits per heavy atom. The maximum Gasteiger partial charge on any atom is 0.236 e.